The zero-order valence-corrected chi connectivity index (χ0v) is 20.1. The van der Waals surface area contributed by atoms with E-state index in [2.05, 4.69) is 32.3 Å². The first kappa shape index (κ1) is 23.2. The van der Waals surface area contributed by atoms with Crippen LogP contribution in [-0.2, 0) is 15.6 Å². The molecule has 1 aliphatic rings. The van der Waals surface area contributed by atoms with Crippen molar-refractivity contribution < 1.29 is 17.9 Å². The highest BCUT2D eigenvalue weighted by Gasteiger charge is 2.20. The summed E-state index contributed by atoms with van der Waals surface area (Å²) >= 11 is 7.28. The summed E-state index contributed by atoms with van der Waals surface area (Å²) in [5.74, 6) is 6.29. The van der Waals surface area contributed by atoms with Gasteiger partial charge in [0.2, 0.25) is 5.13 Å². The van der Waals surface area contributed by atoms with E-state index < -0.39 is 15.7 Å². The van der Waals surface area contributed by atoms with E-state index in [1.165, 1.54) is 24.6 Å². The topological polar surface area (TPSA) is 111 Å². The third-order valence-corrected chi connectivity index (χ3v) is 6.53. The quantitative estimate of drug-likeness (QED) is 0.403. The number of methoxy groups -OCH3 is 1. The van der Waals surface area contributed by atoms with Crippen molar-refractivity contribution in [3.63, 3.8) is 0 Å². The number of nitrogens with zero attached hydrogens (tertiary/aromatic N) is 3. The largest absolute Gasteiger partial charge is 0.494 e. The van der Waals surface area contributed by atoms with Crippen molar-refractivity contribution in [2.75, 3.05) is 18.7 Å². The van der Waals surface area contributed by atoms with Gasteiger partial charge in [-0.15, -0.1) is 10.2 Å². The molecule has 0 aliphatic heterocycles. The van der Waals surface area contributed by atoms with Crippen molar-refractivity contribution in [3.05, 3.63) is 51.7 Å². The Labute approximate surface area is 200 Å². The second-order valence-corrected chi connectivity index (χ2v) is 11.1. The molecule has 1 aromatic carbocycles. The lowest BCUT2D eigenvalue weighted by Gasteiger charge is -2.14. The number of carbonyl (C=O) groups is 1. The highest BCUT2D eigenvalue weighted by atomic mass is 35.5. The summed E-state index contributed by atoms with van der Waals surface area (Å²) in [6, 6.07) is 6.36. The molecule has 1 N–H and O–H groups in total. The number of amides is 1. The first-order valence-corrected chi connectivity index (χ1v) is 13.1. The number of pyridine rings is 1. The molecule has 11 heteroatoms. The first-order chi connectivity index (χ1) is 15.7. The maximum Gasteiger partial charge on any atom is 0.258 e. The number of aromatic nitrogens is 3. The Morgan fingerprint density at radius 1 is 1.27 bits per heavy atom. The first-order valence-electron chi connectivity index (χ1n) is 9.89. The average Bonchev–Trinajstić information content (AvgIpc) is 3.49. The molecule has 8 nitrogen and oxygen atoms in total. The van der Waals surface area contributed by atoms with E-state index in [-0.39, 0.29) is 16.5 Å². The second kappa shape index (κ2) is 9.47. The molecule has 0 bridgehead atoms. The zero-order chi connectivity index (χ0) is 23.6. The Kier molecular flexibility index (Phi) is 6.65. The zero-order valence-electron chi connectivity index (χ0n) is 17.8. The standard InChI is InChI=1S/C22H19ClN4O4S2/c1-31-18-11-24-19(23)10-17(18)16-9-14(12-33(2,29)30)5-7-15(16)21(28)25-22-27-26-20(32-22)8-6-13-3-4-13/h5,7,9-11,13H,3-4,12H2,1-2H3,(H,25,27,28). The molecule has 0 saturated heterocycles. The fourth-order valence-corrected chi connectivity index (χ4v) is 4.62. The van der Waals surface area contributed by atoms with Gasteiger partial charge in [0.25, 0.3) is 5.91 Å². The number of hydrogen-bond acceptors (Lipinski definition) is 8. The predicted molar refractivity (Wildman–Crippen MR) is 127 cm³/mol. The van der Waals surface area contributed by atoms with Crippen molar-refractivity contribution in [2.45, 2.75) is 18.6 Å². The number of halogens is 1. The molecule has 3 aromatic rings. The number of rotatable bonds is 6. The average molecular weight is 503 g/mol. The molecular weight excluding hydrogens is 484 g/mol. The minimum atomic E-state index is -3.29. The summed E-state index contributed by atoms with van der Waals surface area (Å²) in [5, 5.41) is 11.8. The van der Waals surface area contributed by atoms with E-state index in [1.807, 2.05) is 0 Å². The monoisotopic (exact) mass is 502 g/mol. The highest BCUT2D eigenvalue weighted by Crippen LogP contribution is 2.35. The van der Waals surface area contributed by atoms with Gasteiger partial charge >= 0.3 is 0 Å². The van der Waals surface area contributed by atoms with E-state index >= 15 is 0 Å². The molecule has 4 rings (SSSR count). The minimum Gasteiger partial charge on any atom is -0.494 e. The van der Waals surface area contributed by atoms with Gasteiger partial charge in [-0.05, 0) is 48.1 Å². The summed E-state index contributed by atoms with van der Waals surface area (Å²) in [6.45, 7) is 0. The van der Waals surface area contributed by atoms with Crippen LogP contribution in [0.1, 0.15) is 33.8 Å². The van der Waals surface area contributed by atoms with E-state index in [9.17, 15) is 13.2 Å². The molecule has 2 aromatic heterocycles. The molecule has 1 aliphatic carbocycles. The van der Waals surface area contributed by atoms with Crippen molar-refractivity contribution in [1.29, 1.82) is 0 Å². The third kappa shape index (κ3) is 6.07. The van der Waals surface area contributed by atoms with Gasteiger partial charge in [-0.2, -0.15) is 0 Å². The molecule has 2 heterocycles. The molecule has 1 amide bonds. The maximum atomic E-state index is 13.2. The van der Waals surface area contributed by atoms with Crippen molar-refractivity contribution in [3.8, 4) is 28.7 Å². The van der Waals surface area contributed by atoms with E-state index in [0.29, 0.717) is 38.5 Å². The molecule has 1 saturated carbocycles. The molecule has 0 spiro atoms. The number of sulfone groups is 1. The van der Waals surface area contributed by atoms with Crippen LogP contribution in [0.2, 0.25) is 5.15 Å². The summed E-state index contributed by atoms with van der Waals surface area (Å²) < 4.78 is 29.1. The Morgan fingerprint density at radius 2 is 2.06 bits per heavy atom. The van der Waals surface area contributed by atoms with Gasteiger partial charge in [0, 0.05) is 23.3 Å². The fourth-order valence-electron chi connectivity index (χ4n) is 3.08. The number of benzene rings is 1. The molecule has 0 atom stereocenters. The normalized spacial score (nSPS) is 13.2. The number of anilines is 1. The minimum absolute atomic E-state index is 0.178. The fraction of sp³-hybridized carbons (Fsp3) is 0.273. The van der Waals surface area contributed by atoms with Gasteiger partial charge in [-0.3, -0.25) is 10.1 Å². The van der Waals surface area contributed by atoms with Crippen LogP contribution in [-0.4, -0.2) is 42.9 Å². The molecule has 0 radical (unpaired) electrons. The highest BCUT2D eigenvalue weighted by molar-refractivity contribution is 7.89. The van der Waals surface area contributed by atoms with Gasteiger partial charge in [0.15, 0.2) is 14.8 Å². The van der Waals surface area contributed by atoms with Crippen LogP contribution in [0.25, 0.3) is 11.1 Å². The lowest BCUT2D eigenvalue weighted by molar-refractivity contribution is 0.102. The van der Waals surface area contributed by atoms with Crippen LogP contribution < -0.4 is 10.1 Å². The van der Waals surface area contributed by atoms with Gasteiger partial charge in [-0.1, -0.05) is 34.9 Å². The SMILES string of the molecule is COc1cnc(Cl)cc1-c1cc(CS(C)(=O)=O)ccc1C(=O)Nc1nnc(C#CC2CC2)s1. The van der Waals surface area contributed by atoms with Crippen molar-refractivity contribution >= 4 is 43.8 Å². The summed E-state index contributed by atoms with van der Waals surface area (Å²) in [7, 11) is -1.81. The Bertz CT molecular complexity index is 1390. The molecule has 33 heavy (non-hydrogen) atoms. The summed E-state index contributed by atoms with van der Waals surface area (Å²) in [4.78, 5) is 17.2. The summed E-state index contributed by atoms with van der Waals surface area (Å²) in [6.07, 6.45) is 4.81. The predicted octanol–water partition coefficient (Wildman–Crippen LogP) is 3.82. The second-order valence-electron chi connectivity index (χ2n) is 7.57. The lowest BCUT2D eigenvalue weighted by Crippen LogP contribution is -2.14. The van der Waals surface area contributed by atoms with Crippen LogP contribution in [0.15, 0.2) is 30.5 Å². The maximum absolute atomic E-state index is 13.2. The number of nitrogens with one attached hydrogen (secondary N) is 1. The van der Waals surface area contributed by atoms with Gasteiger partial charge in [0.05, 0.1) is 19.1 Å². The van der Waals surface area contributed by atoms with Crippen LogP contribution in [0.5, 0.6) is 5.75 Å². The Balaban J connectivity index is 1.70. The van der Waals surface area contributed by atoms with Crippen molar-refractivity contribution in [1.82, 2.24) is 15.2 Å². The Morgan fingerprint density at radius 3 is 2.76 bits per heavy atom. The molecule has 0 unspecified atom stereocenters. The third-order valence-electron chi connectivity index (χ3n) is 4.71. The van der Waals surface area contributed by atoms with Crippen LogP contribution in [0, 0.1) is 17.8 Å². The number of ether oxygens (including phenoxy) is 1. The van der Waals surface area contributed by atoms with Crippen molar-refractivity contribution in [2.24, 2.45) is 5.92 Å². The number of hydrogen-bond donors (Lipinski definition) is 1. The van der Waals surface area contributed by atoms with Gasteiger partial charge in [-0.25, -0.2) is 13.4 Å². The van der Waals surface area contributed by atoms with E-state index in [0.717, 1.165) is 19.1 Å². The van der Waals surface area contributed by atoms with Crippen LogP contribution >= 0.6 is 22.9 Å². The van der Waals surface area contributed by atoms with Gasteiger partial charge < -0.3 is 4.74 Å². The van der Waals surface area contributed by atoms with E-state index in [1.54, 1.807) is 24.3 Å². The van der Waals surface area contributed by atoms with Crippen LogP contribution in [0.4, 0.5) is 5.13 Å². The van der Waals surface area contributed by atoms with Gasteiger partial charge in [0.1, 0.15) is 10.9 Å². The number of carbonyl (C=O) groups excluding carboxylic acids is 1. The smallest absolute Gasteiger partial charge is 0.258 e. The summed E-state index contributed by atoms with van der Waals surface area (Å²) in [5.41, 5.74) is 1.76. The molecule has 170 valence electrons. The molecular formula is C22H19ClN4O4S2. The molecule has 1 fully saturated rings. The Hall–Kier alpha value is -3.00. The lowest BCUT2D eigenvalue weighted by atomic mass is 9.97. The van der Waals surface area contributed by atoms with Crippen LogP contribution in [0.3, 0.4) is 0 Å². The van der Waals surface area contributed by atoms with E-state index in [4.69, 9.17) is 16.3 Å².